The van der Waals surface area contributed by atoms with Gasteiger partial charge in [-0.15, -0.1) is 0 Å². The molecule has 1 rings (SSSR count). The second kappa shape index (κ2) is 15.4. The quantitative estimate of drug-likeness (QED) is 0.0963. The summed E-state index contributed by atoms with van der Waals surface area (Å²) in [6, 6.07) is -5.14. The smallest absolute Gasteiger partial charge is 0.328 e. The molecule has 4 atom stereocenters. The van der Waals surface area contributed by atoms with Crippen molar-refractivity contribution in [3.63, 3.8) is 0 Å². The van der Waals surface area contributed by atoms with Crippen molar-refractivity contribution in [3.05, 3.63) is 18.2 Å². The average molecular weight is 500 g/mol. The van der Waals surface area contributed by atoms with Crippen LogP contribution in [0.25, 0.3) is 0 Å². The number of aliphatic hydroxyl groups is 1. The standard InChI is InChI=1S/C20H33N7O8/c21-6-2-1-3-13(18(32)27-15(9-28)20(34)35)25-19(33)14(7-11-8-23-10-24-11)26-17(31)12(22)4-5-16(29)30/h8,10,12-15,28H,1-7,9,21-22H2,(H,23,24)(H,25,33)(H,26,31)(H,27,32)(H,29,30)(H,34,35). The summed E-state index contributed by atoms with van der Waals surface area (Å²) in [5.74, 6) is -4.94. The van der Waals surface area contributed by atoms with Gasteiger partial charge in [0.1, 0.15) is 18.1 Å². The van der Waals surface area contributed by atoms with Crippen molar-refractivity contribution in [2.24, 2.45) is 11.5 Å². The molecule has 1 aromatic heterocycles. The number of carbonyl (C=O) groups excluding carboxylic acids is 3. The molecule has 0 aliphatic rings. The number of nitrogens with two attached hydrogens (primary N) is 2. The van der Waals surface area contributed by atoms with Crippen molar-refractivity contribution < 1.29 is 39.3 Å². The molecule has 196 valence electrons. The van der Waals surface area contributed by atoms with Crippen LogP contribution in [0.3, 0.4) is 0 Å². The lowest BCUT2D eigenvalue weighted by atomic mass is 10.1. The van der Waals surface area contributed by atoms with Gasteiger partial charge in [-0.25, -0.2) is 9.78 Å². The molecule has 1 heterocycles. The zero-order valence-corrected chi connectivity index (χ0v) is 19.1. The highest BCUT2D eigenvalue weighted by molar-refractivity contribution is 5.94. The maximum absolute atomic E-state index is 13.1. The van der Waals surface area contributed by atoms with E-state index in [1.807, 2.05) is 0 Å². The first kappa shape index (κ1) is 29.5. The summed E-state index contributed by atoms with van der Waals surface area (Å²) in [4.78, 5) is 66.7. The van der Waals surface area contributed by atoms with E-state index >= 15 is 0 Å². The number of carboxylic acid groups (broad SMARTS) is 2. The van der Waals surface area contributed by atoms with Crippen LogP contribution < -0.4 is 27.4 Å². The van der Waals surface area contributed by atoms with E-state index in [0.717, 1.165) is 0 Å². The molecule has 15 nitrogen and oxygen atoms in total. The molecule has 0 saturated carbocycles. The largest absolute Gasteiger partial charge is 0.481 e. The first-order chi connectivity index (χ1) is 16.6. The van der Waals surface area contributed by atoms with Gasteiger partial charge in [0, 0.05) is 24.7 Å². The Labute approximate surface area is 201 Å². The van der Waals surface area contributed by atoms with Crippen molar-refractivity contribution in [1.82, 2.24) is 25.9 Å². The Balaban J connectivity index is 3.00. The van der Waals surface area contributed by atoms with Crippen molar-refractivity contribution in [1.29, 1.82) is 0 Å². The van der Waals surface area contributed by atoms with Gasteiger partial charge in [0.2, 0.25) is 17.7 Å². The molecule has 0 fully saturated rings. The van der Waals surface area contributed by atoms with Crippen LogP contribution in [-0.4, -0.2) is 92.3 Å². The van der Waals surface area contributed by atoms with Gasteiger partial charge >= 0.3 is 11.9 Å². The van der Waals surface area contributed by atoms with E-state index in [9.17, 15) is 29.1 Å². The Hall–Kier alpha value is -3.56. The number of nitrogens with one attached hydrogen (secondary N) is 4. The predicted molar refractivity (Wildman–Crippen MR) is 121 cm³/mol. The Bertz CT molecular complexity index is 849. The number of aliphatic carboxylic acids is 2. The molecule has 35 heavy (non-hydrogen) atoms. The van der Waals surface area contributed by atoms with Gasteiger partial charge < -0.3 is 47.7 Å². The molecular weight excluding hydrogens is 466 g/mol. The summed E-state index contributed by atoms with van der Waals surface area (Å²) in [5.41, 5.74) is 11.7. The topological polar surface area (TPSA) is 263 Å². The normalized spacial score (nSPS) is 14.3. The highest BCUT2D eigenvalue weighted by Crippen LogP contribution is 2.06. The minimum absolute atomic E-state index is 0.0469. The number of unbranched alkanes of at least 4 members (excludes halogenated alkanes) is 1. The molecule has 0 aliphatic heterocycles. The molecule has 15 heteroatoms. The number of rotatable bonds is 17. The fourth-order valence-electron chi connectivity index (χ4n) is 3.01. The van der Waals surface area contributed by atoms with Crippen LogP contribution in [0, 0.1) is 0 Å². The number of carbonyl (C=O) groups is 5. The maximum Gasteiger partial charge on any atom is 0.328 e. The second-order valence-corrected chi connectivity index (χ2v) is 7.81. The SMILES string of the molecule is NCCCCC(NC(=O)C(Cc1cnc[nH]1)NC(=O)C(N)CCC(=O)O)C(=O)NC(CO)C(=O)O. The molecule has 0 radical (unpaired) electrons. The van der Waals surface area contributed by atoms with E-state index in [0.29, 0.717) is 25.1 Å². The van der Waals surface area contributed by atoms with E-state index < -0.39 is 60.4 Å². The third-order valence-corrected chi connectivity index (χ3v) is 4.99. The lowest BCUT2D eigenvalue weighted by molar-refractivity contribution is -0.143. The first-order valence-electron chi connectivity index (χ1n) is 11.0. The molecule has 0 spiro atoms. The number of hydrogen-bond acceptors (Lipinski definition) is 9. The second-order valence-electron chi connectivity index (χ2n) is 7.81. The van der Waals surface area contributed by atoms with E-state index in [4.69, 9.17) is 21.7 Å². The van der Waals surface area contributed by atoms with Gasteiger partial charge in [0.15, 0.2) is 0 Å². The number of hydrogen-bond donors (Lipinski definition) is 9. The van der Waals surface area contributed by atoms with Crippen LogP contribution in [0.1, 0.15) is 37.8 Å². The molecule has 3 amide bonds. The summed E-state index contributed by atoms with van der Waals surface area (Å²) in [6.07, 6.45) is 3.35. The third-order valence-electron chi connectivity index (χ3n) is 4.99. The molecule has 11 N–H and O–H groups in total. The minimum Gasteiger partial charge on any atom is -0.481 e. The summed E-state index contributed by atoms with van der Waals surface area (Å²) in [7, 11) is 0. The number of aromatic amines is 1. The van der Waals surface area contributed by atoms with Crippen LogP contribution in [0.15, 0.2) is 12.5 Å². The van der Waals surface area contributed by atoms with Crippen LogP contribution in [0.5, 0.6) is 0 Å². The van der Waals surface area contributed by atoms with Crippen molar-refractivity contribution in [2.75, 3.05) is 13.2 Å². The number of imidazole rings is 1. The molecule has 0 aliphatic carbocycles. The van der Waals surface area contributed by atoms with Crippen molar-refractivity contribution in [3.8, 4) is 0 Å². The molecule has 0 saturated heterocycles. The number of carboxylic acids is 2. The van der Waals surface area contributed by atoms with E-state index in [1.165, 1.54) is 12.5 Å². The van der Waals surface area contributed by atoms with Gasteiger partial charge in [-0.3, -0.25) is 19.2 Å². The Morgan fingerprint density at radius 3 is 2.11 bits per heavy atom. The Morgan fingerprint density at radius 2 is 1.57 bits per heavy atom. The van der Waals surface area contributed by atoms with Crippen molar-refractivity contribution in [2.45, 2.75) is 62.7 Å². The number of nitrogens with zero attached hydrogens (tertiary/aromatic N) is 1. The van der Waals surface area contributed by atoms with Crippen LogP contribution in [0.2, 0.25) is 0 Å². The third kappa shape index (κ3) is 10.9. The Morgan fingerprint density at radius 1 is 0.943 bits per heavy atom. The lowest BCUT2D eigenvalue weighted by Crippen LogP contribution is -2.58. The molecule has 0 aromatic carbocycles. The van der Waals surface area contributed by atoms with Crippen LogP contribution >= 0.6 is 0 Å². The summed E-state index contributed by atoms with van der Waals surface area (Å²) in [5, 5.41) is 34.1. The molecule has 4 unspecified atom stereocenters. The number of aliphatic hydroxyl groups excluding tert-OH is 1. The minimum atomic E-state index is -1.57. The monoisotopic (exact) mass is 499 g/mol. The van der Waals surface area contributed by atoms with E-state index in [1.54, 1.807) is 0 Å². The number of H-pyrrole nitrogens is 1. The molecule has 0 bridgehead atoms. The number of amides is 3. The fraction of sp³-hybridized carbons (Fsp3) is 0.600. The van der Waals surface area contributed by atoms with Crippen molar-refractivity contribution >= 4 is 29.7 Å². The van der Waals surface area contributed by atoms with Gasteiger partial charge in [-0.2, -0.15) is 0 Å². The summed E-state index contributed by atoms with van der Waals surface area (Å²) >= 11 is 0. The summed E-state index contributed by atoms with van der Waals surface area (Å²) < 4.78 is 0. The maximum atomic E-state index is 13.1. The summed E-state index contributed by atoms with van der Waals surface area (Å²) in [6.45, 7) is -0.513. The van der Waals surface area contributed by atoms with Gasteiger partial charge in [-0.05, 0) is 32.2 Å². The predicted octanol–water partition coefficient (Wildman–Crippen LogP) is -3.20. The van der Waals surface area contributed by atoms with Gasteiger partial charge in [0.25, 0.3) is 0 Å². The van der Waals surface area contributed by atoms with E-state index in [2.05, 4.69) is 25.9 Å². The van der Waals surface area contributed by atoms with E-state index in [-0.39, 0.29) is 25.7 Å². The van der Waals surface area contributed by atoms with Gasteiger partial charge in [-0.1, -0.05) is 0 Å². The van der Waals surface area contributed by atoms with Crippen LogP contribution in [0.4, 0.5) is 0 Å². The Kier molecular flexibility index (Phi) is 12.9. The molecular formula is C20H33N7O8. The lowest BCUT2D eigenvalue weighted by Gasteiger charge is -2.25. The zero-order chi connectivity index (χ0) is 26.4. The highest BCUT2D eigenvalue weighted by Gasteiger charge is 2.30. The first-order valence-corrected chi connectivity index (χ1v) is 11.0. The van der Waals surface area contributed by atoms with Gasteiger partial charge in [0.05, 0.1) is 19.0 Å². The fourth-order valence-corrected chi connectivity index (χ4v) is 3.01. The highest BCUT2D eigenvalue weighted by atomic mass is 16.4. The number of aromatic nitrogens is 2. The average Bonchev–Trinajstić information content (AvgIpc) is 3.32. The molecule has 1 aromatic rings. The van der Waals surface area contributed by atoms with Crippen LogP contribution in [-0.2, 0) is 30.4 Å². The zero-order valence-electron chi connectivity index (χ0n) is 19.1.